The highest BCUT2D eigenvalue weighted by molar-refractivity contribution is 7.89. The summed E-state index contributed by atoms with van der Waals surface area (Å²) in [5.74, 6) is -0.861. The zero-order valence-corrected chi connectivity index (χ0v) is 8.47. The van der Waals surface area contributed by atoms with Gasteiger partial charge in [-0.15, -0.1) is 0 Å². The van der Waals surface area contributed by atoms with Crippen molar-refractivity contribution in [2.24, 2.45) is 5.14 Å². The molecular formula is C7H15NO4S. The first kappa shape index (κ1) is 12.4. The smallest absolute Gasteiger partial charge is 0.306 e. The molecule has 0 aromatic carbocycles. The van der Waals surface area contributed by atoms with Gasteiger partial charge in [-0.2, -0.15) is 0 Å². The first-order valence-electron chi connectivity index (χ1n) is 4.12. The number of ether oxygens (including phenoxy) is 1. The highest BCUT2D eigenvalue weighted by Crippen LogP contribution is 1.93. The van der Waals surface area contributed by atoms with E-state index in [0.717, 1.165) is 12.8 Å². The zero-order valence-electron chi connectivity index (χ0n) is 7.65. The number of rotatable bonds is 6. The van der Waals surface area contributed by atoms with Crippen molar-refractivity contribution in [3.8, 4) is 0 Å². The second kappa shape index (κ2) is 5.93. The van der Waals surface area contributed by atoms with Crippen LogP contribution in [-0.4, -0.2) is 26.7 Å². The number of esters is 1. The van der Waals surface area contributed by atoms with Crippen LogP contribution < -0.4 is 5.14 Å². The average molecular weight is 209 g/mol. The van der Waals surface area contributed by atoms with Crippen LogP contribution in [0, 0.1) is 0 Å². The molecule has 0 bridgehead atoms. The minimum atomic E-state index is -3.55. The Morgan fingerprint density at radius 3 is 2.54 bits per heavy atom. The summed E-state index contributed by atoms with van der Waals surface area (Å²) >= 11 is 0. The molecule has 13 heavy (non-hydrogen) atoms. The SMILES string of the molecule is CCCCOC(=O)CCS(N)(=O)=O. The lowest BCUT2D eigenvalue weighted by Crippen LogP contribution is -2.20. The Morgan fingerprint density at radius 1 is 1.46 bits per heavy atom. The quantitative estimate of drug-likeness (QED) is 0.493. The number of carbonyl (C=O) groups is 1. The van der Waals surface area contributed by atoms with Crippen molar-refractivity contribution in [3.63, 3.8) is 0 Å². The molecule has 0 aromatic heterocycles. The van der Waals surface area contributed by atoms with Gasteiger partial charge < -0.3 is 4.74 Å². The van der Waals surface area contributed by atoms with E-state index in [1.54, 1.807) is 0 Å². The zero-order chi connectivity index (χ0) is 10.3. The highest BCUT2D eigenvalue weighted by atomic mass is 32.2. The molecule has 0 radical (unpaired) electrons. The van der Waals surface area contributed by atoms with Crippen LogP contribution in [0.4, 0.5) is 0 Å². The van der Waals surface area contributed by atoms with E-state index in [-0.39, 0.29) is 12.2 Å². The Morgan fingerprint density at radius 2 is 2.08 bits per heavy atom. The normalized spacial score (nSPS) is 11.2. The first-order valence-corrected chi connectivity index (χ1v) is 5.83. The highest BCUT2D eigenvalue weighted by Gasteiger charge is 2.08. The van der Waals surface area contributed by atoms with E-state index in [2.05, 4.69) is 0 Å². The Balaban J connectivity index is 3.53. The minimum absolute atomic E-state index is 0.164. The summed E-state index contributed by atoms with van der Waals surface area (Å²) in [6.45, 7) is 2.32. The molecule has 0 aliphatic rings. The number of primary sulfonamides is 1. The minimum Gasteiger partial charge on any atom is -0.466 e. The van der Waals surface area contributed by atoms with Gasteiger partial charge in [-0.3, -0.25) is 4.79 Å². The van der Waals surface area contributed by atoms with Crippen molar-refractivity contribution in [2.45, 2.75) is 26.2 Å². The predicted molar refractivity (Wildman–Crippen MR) is 48.5 cm³/mol. The molecule has 0 fully saturated rings. The Labute approximate surface area is 78.3 Å². The van der Waals surface area contributed by atoms with E-state index < -0.39 is 16.0 Å². The van der Waals surface area contributed by atoms with E-state index in [4.69, 9.17) is 9.88 Å². The van der Waals surface area contributed by atoms with Crippen molar-refractivity contribution in [1.29, 1.82) is 0 Å². The Kier molecular flexibility index (Phi) is 5.65. The second-order valence-electron chi connectivity index (χ2n) is 2.69. The molecule has 0 aliphatic carbocycles. The third kappa shape index (κ3) is 9.29. The molecule has 0 saturated heterocycles. The number of nitrogens with two attached hydrogens (primary N) is 1. The topological polar surface area (TPSA) is 86.5 Å². The summed E-state index contributed by atoms with van der Waals surface area (Å²) in [7, 11) is -3.55. The average Bonchev–Trinajstić information content (AvgIpc) is 2.00. The molecule has 0 heterocycles. The second-order valence-corrected chi connectivity index (χ2v) is 4.42. The summed E-state index contributed by atoms with van der Waals surface area (Å²) < 4.78 is 25.6. The van der Waals surface area contributed by atoms with Crippen molar-refractivity contribution in [3.05, 3.63) is 0 Å². The maximum Gasteiger partial charge on any atom is 0.306 e. The van der Waals surface area contributed by atoms with E-state index in [0.29, 0.717) is 6.61 Å². The maximum absolute atomic E-state index is 10.8. The van der Waals surface area contributed by atoms with Gasteiger partial charge in [0.2, 0.25) is 10.0 Å². The van der Waals surface area contributed by atoms with Gasteiger partial charge in [-0.1, -0.05) is 13.3 Å². The molecule has 5 nitrogen and oxygen atoms in total. The Bertz CT molecular complexity index is 247. The summed E-state index contributed by atoms with van der Waals surface area (Å²) in [5, 5.41) is 4.70. The number of carbonyl (C=O) groups excluding carboxylic acids is 1. The molecule has 2 N–H and O–H groups in total. The number of hydrogen-bond acceptors (Lipinski definition) is 4. The molecule has 6 heteroatoms. The molecule has 0 saturated carbocycles. The van der Waals surface area contributed by atoms with Crippen LogP contribution >= 0.6 is 0 Å². The lowest BCUT2D eigenvalue weighted by molar-refractivity contribution is -0.143. The molecule has 0 aliphatic heterocycles. The molecule has 78 valence electrons. The van der Waals surface area contributed by atoms with Gasteiger partial charge >= 0.3 is 5.97 Å². The van der Waals surface area contributed by atoms with Crippen molar-refractivity contribution >= 4 is 16.0 Å². The van der Waals surface area contributed by atoms with Crippen LogP contribution in [0.3, 0.4) is 0 Å². The standard InChI is InChI=1S/C7H15NO4S/c1-2-3-5-12-7(9)4-6-13(8,10)11/h2-6H2,1H3,(H2,8,10,11). The molecule has 0 amide bonds. The van der Waals surface area contributed by atoms with Crippen molar-refractivity contribution < 1.29 is 17.9 Å². The van der Waals surface area contributed by atoms with E-state index >= 15 is 0 Å². The fraction of sp³-hybridized carbons (Fsp3) is 0.857. The number of sulfonamides is 1. The lowest BCUT2D eigenvalue weighted by atomic mass is 10.4. The van der Waals surface area contributed by atoms with Crippen LogP contribution in [0.5, 0.6) is 0 Å². The summed E-state index contributed by atoms with van der Waals surface area (Å²) in [4.78, 5) is 10.8. The monoisotopic (exact) mass is 209 g/mol. The van der Waals surface area contributed by atoms with E-state index in [1.807, 2.05) is 6.92 Å². The van der Waals surface area contributed by atoms with Gasteiger partial charge in [-0.05, 0) is 6.42 Å². The molecular weight excluding hydrogens is 194 g/mol. The fourth-order valence-electron chi connectivity index (χ4n) is 0.628. The van der Waals surface area contributed by atoms with E-state index in [1.165, 1.54) is 0 Å². The molecule has 0 atom stereocenters. The van der Waals surface area contributed by atoms with Gasteiger partial charge in [0, 0.05) is 0 Å². The van der Waals surface area contributed by atoms with Crippen molar-refractivity contribution in [2.75, 3.05) is 12.4 Å². The fourth-order valence-corrected chi connectivity index (χ4v) is 1.08. The molecule has 0 spiro atoms. The maximum atomic E-state index is 10.8. The summed E-state index contributed by atoms with van der Waals surface area (Å²) in [6.07, 6.45) is 1.56. The van der Waals surface area contributed by atoms with Crippen LogP contribution in [0.15, 0.2) is 0 Å². The number of hydrogen-bond donors (Lipinski definition) is 1. The van der Waals surface area contributed by atoms with Crippen LogP contribution in [0.25, 0.3) is 0 Å². The third-order valence-electron chi connectivity index (χ3n) is 1.35. The van der Waals surface area contributed by atoms with Crippen LogP contribution in [0.2, 0.25) is 0 Å². The lowest BCUT2D eigenvalue weighted by Gasteiger charge is -2.02. The van der Waals surface area contributed by atoms with Gasteiger partial charge in [-0.25, -0.2) is 13.6 Å². The largest absolute Gasteiger partial charge is 0.466 e. The Hall–Kier alpha value is -0.620. The molecule has 0 unspecified atom stereocenters. The first-order chi connectivity index (χ1) is 5.95. The van der Waals surface area contributed by atoms with Gasteiger partial charge in [0.15, 0.2) is 0 Å². The molecule has 0 rings (SSSR count). The van der Waals surface area contributed by atoms with Crippen LogP contribution in [-0.2, 0) is 19.6 Å². The van der Waals surface area contributed by atoms with Crippen LogP contribution in [0.1, 0.15) is 26.2 Å². The molecule has 0 aromatic rings. The third-order valence-corrected chi connectivity index (χ3v) is 2.12. The summed E-state index contributed by atoms with van der Waals surface area (Å²) in [6, 6.07) is 0. The summed E-state index contributed by atoms with van der Waals surface area (Å²) in [5.41, 5.74) is 0. The van der Waals surface area contributed by atoms with E-state index in [9.17, 15) is 13.2 Å². The predicted octanol–water partition coefficient (Wildman–Crippen LogP) is 0.00830. The van der Waals surface area contributed by atoms with Gasteiger partial charge in [0.25, 0.3) is 0 Å². The van der Waals surface area contributed by atoms with Gasteiger partial charge in [0.05, 0.1) is 18.8 Å². The van der Waals surface area contributed by atoms with Crippen molar-refractivity contribution in [1.82, 2.24) is 0 Å². The number of unbranched alkanes of at least 4 members (excludes halogenated alkanes) is 1. The van der Waals surface area contributed by atoms with Gasteiger partial charge in [0.1, 0.15) is 0 Å².